The van der Waals surface area contributed by atoms with E-state index in [-0.39, 0.29) is 18.8 Å². The largest absolute Gasteiger partial charge is 0.493 e. The molecule has 1 aliphatic heterocycles. The lowest BCUT2D eigenvalue weighted by Crippen LogP contribution is -2.45. The third-order valence-electron chi connectivity index (χ3n) is 7.18. The van der Waals surface area contributed by atoms with Crippen LogP contribution in [-0.4, -0.2) is 69.6 Å². The van der Waals surface area contributed by atoms with Crippen LogP contribution in [0, 0.1) is 0 Å². The topological polar surface area (TPSA) is 175 Å². The second kappa shape index (κ2) is 17.4. The Morgan fingerprint density at radius 3 is 2.43 bits per heavy atom. The lowest BCUT2D eigenvalue weighted by atomic mass is 9.95. The van der Waals surface area contributed by atoms with Gasteiger partial charge in [-0.05, 0) is 68.3 Å². The molecule has 4 rings (SSSR count). The highest BCUT2D eigenvalue weighted by Gasteiger charge is 2.32. The Bertz CT molecular complexity index is 1690. The average Bonchev–Trinajstić information content (AvgIpc) is 3.10. The number of amides is 2. The van der Waals surface area contributed by atoms with E-state index in [0.717, 1.165) is 5.56 Å². The number of hydrogen-bond acceptors (Lipinski definition) is 12. The molecule has 0 fully saturated rings. The molecule has 49 heavy (non-hydrogen) atoms. The van der Waals surface area contributed by atoms with E-state index in [0.29, 0.717) is 58.6 Å². The van der Waals surface area contributed by atoms with Crippen LogP contribution in [0.15, 0.2) is 77.0 Å². The third kappa shape index (κ3) is 9.41. The molecule has 0 aromatic heterocycles. The van der Waals surface area contributed by atoms with Crippen LogP contribution in [0.3, 0.4) is 0 Å². The summed E-state index contributed by atoms with van der Waals surface area (Å²) in [6.07, 6.45) is 0.270. The Labute approximate surface area is 284 Å². The average molecular weight is 677 g/mol. The number of carbonyl (C=O) groups is 3. The quantitative estimate of drug-likeness (QED) is 0.0748. The molecule has 1 aliphatic rings. The summed E-state index contributed by atoms with van der Waals surface area (Å²) in [5.74, 6) is 0.614. The summed E-state index contributed by atoms with van der Waals surface area (Å²) in [4.78, 5) is 36.6. The minimum atomic E-state index is -1.21. The van der Waals surface area contributed by atoms with E-state index in [1.165, 1.54) is 20.4 Å². The molecule has 14 nitrogen and oxygen atoms in total. The molecule has 3 aromatic rings. The molecule has 0 bridgehead atoms. The number of nitrogens with one attached hydrogen (secondary N) is 3. The minimum absolute atomic E-state index is 0.194. The number of benzene rings is 3. The number of carbonyl (C=O) groups excluding carboxylic acids is 3. The van der Waals surface area contributed by atoms with Crippen molar-refractivity contribution in [2.24, 2.45) is 5.10 Å². The maximum Gasteiger partial charge on any atom is 0.338 e. The fourth-order valence-electron chi connectivity index (χ4n) is 4.87. The summed E-state index contributed by atoms with van der Waals surface area (Å²) in [5.41, 5.74) is 5.68. The van der Waals surface area contributed by atoms with Gasteiger partial charge in [-0.1, -0.05) is 24.3 Å². The molecular formula is C35H40N4O10. The molecule has 0 saturated carbocycles. The number of rotatable bonds is 16. The summed E-state index contributed by atoms with van der Waals surface area (Å²) in [6.45, 7) is 5.77. The van der Waals surface area contributed by atoms with Gasteiger partial charge in [0.2, 0.25) is 0 Å². The van der Waals surface area contributed by atoms with E-state index in [2.05, 4.69) is 21.2 Å². The lowest BCUT2D eigenvalue weighted by molar-refractivity contribution is -0.136. The molecule has 14 heteroatoms. The number of nitrogens with zero attached hydrogens (tertiary/aromatic N) is 1. The molecule has 2 amide bonds. The molecule has 0 aliphatic carbocycles. The van der Waals surface area contributed by atoms with Crippen molar-refractivity contribution < 1.29 is 47.9 Å². The maximum absolute atomic E-state index is 12.5. The Hall–Kier alpha value is -5.76. The van der Waals surface area contributed by atoms with Gasteiger partial charge >= 0.3 is 18.0 Å². The van der Waals surface area contributed by atoms with E-state index < -0.39 is 30.2 Å². The van der Waals surface area contributed by atoms with Gasteiger partial charge in [-0.2, -0.15) is 5.10 Å². The Balaban J connectivity index is 1.40. The number of para-hydroxylation sites is 1. The summed E-state index contributed by atoms with van der Waals surface area (Å²) in [5, 5.41) is 20.1. The van der Waals surface area contributed by atoms with Crippen molar-refractivity contribution in [1.29, 1.82) is 0 Å². The second-order valence-corrected chi connectivity index (χ2v) is 10.5. The first-order valence-corrected chi connectivity index (χ1v) is 15.5. The monoisotopic (exact) mass is 676 g/mol. The first-order valence-electron chi connectivity index (χ1n) is 15.5. The Kier molecular flexibility index (Phi) is 12.8. The van der Waals surface area contributed by atoms with Crippen LogP contribution in [0.25, 0.3) is 0 Å². The van der Waals surface area contributed by atoms with Crippen molar-refractivity contribution in [2.45, 2.75) is 39.6 Å². The highest BCUT2D eigenvalue weighted by molar-refractivity contribution is 5.95. The Morgan fingerprint density at radius 2 is 1.73 bits per heavy atom. The fraction of sp³-hybridized carbons (Fsp3) is 0.314. The highest BCUT2D eigenvalue weighted by Crippen LogP contribution is 2.35. The second-order valence-electron chi connectivity index (χ2n) is 10.5. The number of hydrogen-bond donors (Lipinski definition) is 4. The Morgan fingerprint density at radius 1 is 0.959 bits per heavy atom. The van der Waals surface area contributed by atoms with Gasteiger partial charge in [0, 0.05) is 11.3 Å². The van der Waals surface area contributed by atoms with E-state index in [1.54, 1.807) is 81.4 Å². The van der Waals surface area contributed by atoms with Crippen molar-refractivity contribution in [2.75, 3.05) is 34.0 Å². The van der Waals surface area contributed by atoms with Crippen LogP contribution >= 0.6 is 0 Å². The van der Waals surface area contributed by atoms with Crippen molar-refractivity contribution in [1.82, 2.24) is 16.1 Å². The molecule has 0 radical (unpaired) electrons. The number of ether oxygens (including phenoxy) is 6. The number of allylic oxidation sites excluding steroid dienone is 1. The van der Waals surface area contributed by atoms with Crippen molar-refractivity contribution in [3.05, 3.63) is 94.2 Å². The van der Waals surface area contributed by atoms with Gasteiger partial charge in [0.05, 0.1) is 50.8 Å². The maximum atomic E-state index is 12.5. The van der Waals surface area contributed by atoms with Crippen LogP contribution in [0.4, 0.5) is 4.79 Å². The van der Waals surface area contributed by atoms with Crippen LogP contribution in [0.1, 0.15) is 53.9 Å². The number of methoxy groups -OCH3 is 2. The summed E-state index contributed by atoms with van der Waals surface area (Å²) in [7, 11) is 2.79. The number of aliphatic hydroxyl groups is 1. The summed E-state index contributed by atoms with van der Waals surface area (Å²) in [6, 6.07) is 15.9. The first kappa shape index (κ1) is 36.1. The molecular weight excluding hydrogens is 636 g/mol. The number of aliphatic hydroxyl groups excluding tert-OH is 1. The highest BCUT2D eigenvalue weighted by atomic mass is 16.5. The van der Waals surface area contributed by atoms with Crippen molar-refractivity contribution >= 4 is 24.2 Å². The van der Waals surface area contributed by atoms with Crippen LogP contribution in [-0.2, 0) is 20.9 Å². The molecule has 260 valence electrons. The zero-order chi connectivity index (χ0) is 35.3. The SMILES string of the molecule is CCOC(=O)c1ccc(COc2c(/C=N/N[C@@H](O)COc3ccc([C@H]4NC(=O)NC(C)=C4C(=O)OC)cc3OCC)cccc2OC)cc1. The number of esters is 2. The zero-order valence-corrected chi connectivity index (χ0v) is 27.9. The van der Waals surface area contributed by atoms with E-state index >= 15 is 0 Å². The normalized spacial score (nSPS) is 14.7. The predicted molar refractivity (Wildman–Crippen MR) is 179 cm³/mol. The zero-order valence-electron chi connectivity index (χ0n) is 27.9. The smallest absolute Gasteiger partial charge is 0.338 e. The minimum Gasteiger partial charge on any atom is -0.493 e. The van der Waals surface area contributed by atoms with Gasteiger partial charge in [0.25, 0.3) is 0 Å². The van der Waals surface area contributed by atoms with E-state index in [4.69, 9.17) is 28.4 Å². The van der Waals surface area contributed by atoms with Crippen LogP contribution in [0.5, 0.6) is 23.0 Å². The van der Waals surface area contributed by atoms with Gasteiger partial charge in [-0.25, -0.2) is 14.4 Å². The number of hydrazone groups is 1. The van der Waals surface area contributed by atoms with Gasteiger partial charge in [-0.3, -0.25) is 5.43 Å². The predicted octanol–water partition coefficient (Wildman–Crippen LogP) is 3.97. The molecule has 0 unspecified atom stereocenters. The molecule has 0 spiro atoms. The van der Waals surface area contributed by atoms with Crippen molar-refractivity contribution in [3.8, 4) is 23.0 Å². The lowest BCUT2D eigenvalue weighted by Gasteiger charge is -2.28. The van der Waals surface area contributed by atoms with E-state index in [1.807, 2.05) is 0 Å². The molecule has 4 N–H and O–H groups in total. The first-order chi connectivity index (χ1) is 23.7. The van der Waals surface area contributed by atoms with Crippen LogP contribution < -0.4 is 35.0 Å². The third-order valence-corrected chi connectivity index (χ3v) is 7.18. The molecule has 0 saturated heterocycles. The summed E-state index contributed by atoms with van der Waals surface area (Å²) < 4.78 is 33.1. The van der Waals surface area contributed by atoms with Gasteiger partial charge in [-0.15, -0.1) is 0 Å². The van der Waals surface area contributed by atoms with Gasteiger partial charge in [0.1, 0.15) is 13.2 Å². The van der Waals surface area contributed by atoms with Gasteiger partial charge < -0.3 is 44.2 Å². The van der Waals surface area contributed by atoms with E-state index in [9.17, 15) is 19.5 Å². The van der Waals surface area contributed by atoms with Crippen LogP contribution in [0.2, 0.25) is 0 Å². The van der Waals surface area contributed by atoms with Gasteiger partial charge in [0.15, 0.2) is 29.2 Å². The van der Waals surface area contributed by atoms with Crippen molar-refractivity contribution in [3.63, 3.8) is 0 Å². The standard InChI is InChI=1S/C35H40N4O10/c1-6-46-28-17-24(31-30(34(42)45-5)21(3)37-35(43)38-31)15-16-26(28)48-20-29(40)39-36-18-25-9-8-10-27(44-4)32(25)49-19-22-11-13-23(14-12-22)33(41)47-7-2/h8-18,29,31,39-40H,6-7,19-20H2,1-5H3,(H2,37,38,43)/b36-18+/t29-,31+/m0/s1. The number of urea groups is 1. The molecule has 3 aromatic carbocycles. The molecule has 2 atom stereocenters. The summed E-state index contributed by atoms with van der Waals surface area (Å²) >= 11 is 0. The molecule has 1 heterocycles. The fourth-order valence-corrected chi connectivity index (χ4v) is 4.87.